The summed E-state index contributed by atoms with van der Waals surface area (Å²) in [6, 6.07) is 11.9. The molecule has 0 N–H and O–H groups in total. The molecule has 1 aromatic heterocycles. The fourth-order valence-electron chi connectivity index (χ4n) is 1.26. The Bertz CT molecular complexity index is 365. The van der Waals surface area contributed by atoms with Crippen LogP contribution in [-0.4, -0.2) is 16.2 Å². The van der Waals surface area contributed by atoms with Gasteiger partial charge in [0, 0.05) is 18.6 Å². The van der Waals surface area contributed by atoms with E-state index in [1.165, 1.54) is 0 Å². The second-order valence-electron chi connectivity index (χ2n) is 2.86. The molecule has 0 saturated heterocycles. The van der Waals surface area contributed by atoms with Crippen LogP contribution >= 0.6 is 11.9 Å². The fourth-order valence-corrected chi connectivity index (χ4v) is 1.85. The third kappa shape index (κ3) is 2.27. The van der Waals surface area contributed by atoms with Gasteiger partial charge in [0.05, 0.1) is 5.69 Å². The topological polar surface area (TPSA) is 29.0 Å². The van der Waals surface area contributed by atoms with E-state index in [1.807, 2.05) is 47.0 Å². The van der Waals surface area contributed by atoms with E-state index in [2.05, 4.69) is 9.97 Å². The smallest absolute Gasteiger partial charge is 0.240 e. The largest absolute Gasteiger partial charge is 0.253 e. The van der Waals surface area contributed by atoms with E-state index in [1.54, 1.807) is 24.3 Å². The zero-order valence-electron chi connectivity index (χ0n) is 8.37. The maximum Gasteiger partial charge on any atom is 0.240 e. The van der Waals surface area contributed by atoms with Crippen LogP contribution in [0.3, 0.4) is 0 Å². The van der Waals surface area contributed by atoms with Gasteiger partial charge in [0.15, 0.2) is 0 Å². The minimum Gasteiger partial charge on any atom is -0.253 e. The minimum absolute atomic E-state index is 0.705. The molecule has 0 atom stereocenters. The van der Waals surface area contributed by atoms with Gasteiger partial charge >= 0.3 is 0 Å². The molecule has 0 saturated carbocycles. The van der Waals surface area contributed by atoms with Crippen molar-refractivity contribution in [2.24, 2.45) is 0 Å². The highest BCUT2D eigenvalue weighted by molar-refractivity contribution is 8.00. The van der Waals surface area contributed by atoms with E-state index >= 15 is 0 Å². The standard InChI is InChI=1S/C11H11N3S/c1-15-14(10-6-3-2-4-7-10)11-12-8-5-9-13-11/h2-9H,1H3. The molecule has 0 fully saturated rings. The van der Waals surface area contributed by atoms with E-state index in [4.69, 9.17) is 0 Å². The molecule has 0 amide bonds. The van der Waals surface area contributed by atoms with Gasteiger partial charge in [-0.15, -0.1) is 0 Å². The van der Waals surface area contributed by atoms with E-state index in [-0.39, 0.29) is 0 Å². The monoisotopic (exact) mass is 217 g/mol. The fraction of sp³-hybridized carbons (Fsp3) is 0.0909. The minimum atomic E-state index is 0.705. The van der Waals surface area contributed by atoms with Gasteiger partial charge in [0.25, 0.3) is 0 Å². The lowest BCUT2D eigenvalue weighted by Gasteiger charge is -2.18. The molecule has 0 aliphatic heterocycles. The summed E-state index contributed by atoms with van der Waals surface area (Å²) in [7, 11) is 0. The average Bonchev–Trinajstić information content (AvgIpc) is 2.33. The Balaban J connectivity index is 2.34. The molecule has 2 aromatic rings. The van der Waals surface area contributed by atoms with Crippen molar-refractivity contribution in [1.82, 2.24) is 9.97 Å². The summed E-state index contributed by atoms with van der Waals surface area (Å²) in [5.74, 6) is 0.705. The molecule has 3 nitrogen and oxygen atoms in total. The highest BCUT2D eigenvalue weighted by Crippen LogP contribution is 2.26. The van der Waals surface area contributed by atoms with Gasteiger partial charge in [-0.1, -0.05) is 18.2 Å². The van der Waals surface area contributed by atoms with E-state index < -0.39 is 0 Å². The van der Waals surface area contributed by atoms with Crippen LogP contribution < -0.4 is 4.31 Å². The number of nitrogens with zero attached hydrogens (tertiary/aromatic N) is 3. The van der Waals surface area contributed by atoms with Crippen LogP contribution in [0.1, 0.15) is 0 Å². The number of rotatable bonds is 3. The van der Waals surface area contributed by atoms with Gasteiger partial charge in [0.2, 0.25) is 5.95 Å². The summed E-state index contributed by atoms with van der Waals surface area (Å²) in [6.07, 6.45) is 5.49. The molecule has 0 aliphatic rings. The van der Waals surface area contributed by atoms with Crippen molar-refractivity contribution in [1.29, 1.82) is 0 Å². The lowest BCUT2D eigenvalue weighted by Crippen LogP contribution is -2.08. The van der Waals surface area contributed by atoms with Crippen LogP contribution in [0.15, 0.2) is 48.8 Å². The first kappa shape index (κ1) is 9.98. The zero-order chi connectivity index (χ0) is 10.5. The van der Waals surface area contributed by atoms with Crippen molar-refractivity contribution < 1.29 is 0 Å². The molecule has 0 unspecified atom stereocenters. The van der Waals surface area contributed by atoms with Crippen molar-refractivity contribution in [2.45, 2.75) is 0 Å². The van der Waals surface area contributed by atoms with Crippen LogP contribution in [0.2, 0.25) is 0 Å². The molecule has 4 heteroatoms. The van der Waals surface area contributed by atoms with Gasteiger partial charge in [-0.05, 0) is 30.1 Å². The molecule has 0 aliphatic carbocycles. The predicted molar refractivity (Wildman–Crippen MR) is 64.1 cm³/mol. The molecule has 1 heterocycles. The highest BCUT2D eigenvalue weighted by atomic mass is 32.2. The first-order valence-electron chi connectivity index (χ1n) is 4.58. The summed E-state index contributed by atoms with van der Waals surface area (Å²) >= 11 is 1.58. The quantitative estimate of drug-likeness (QED) is 0.739. The van der Waals surface area contributed by atoms with Crippen molar-refractivity contribution in [3.8, 4) is 0 Å². The zero-order valence-corrected chi connectivity index (χ0v) is 9.19. The number of hydrogen-bond acceptors (Lipinski definition) is 4. The summed E-state index contributed by atoms with van der Waals surface area (Å²) in [5, 5.41) is 0. The molecule has 15 heavy (non-hydrogen) atoms. The normalized spacial score (nSPS) is 9.93. The maximum atomic E-state index is 4.22. The first-order valence-corrected chi connectivity index (χ1v) is 5.76. The third-order valence-electron chi connectivity index (χ3n) is 1.91. The lowest BCUT2D eigenvalue weighted by atomic mass is 10.3. The number of hydrogen-bond donors (Lipinski definition) is 0. The highest BCUT2D eigenvalue weighted by Gasteiger charge is 2.08. The Kier molecular flexibility index (Phi) is 3.19. The number of para-hydroxylation sites is 1. The Morgan fingerprint density at radius 3 is 2.27 bits per heavy atom. The lowest BCUT2D eigenvalue weighted by molar-refractivity contribution is 1.13. The summed E-state index contributed by atoms with van der Waals surface area (Å²) in [5.41, 5.74) is 1.08. The number of anilines is 2. The van der Waals surface area contributed by atoms with Crippen molar-refractivity contribution in [3.63, 3.8) is 0 Å². The SMILES string of the molecule is CSN(c1ccccc1)c1ncccn1. The first-order chi connectivity index (χ1) is 7.42. The van der Waals surface area contributed by atoms with Gasteiger partial charge in [0.1, 0.15) is 0 Å². The molecule has 0 spiro atoms. The van der Waals surface area contributed by atoms with Crippen LogP contribution in [0, 0.1) is 0 Å². The van der Waals surface area contributed by atoms with E-state index in [9.17, 15) is 0 Å². The van der Waals surface area contributed by atoms with Crippen LogP contribution in [0.5, 0.6) is 0 Å². The Morgan fingerprint density at radius 1 is 1.00 bits per heavy atom. The number of benzene rings is 1. The van der Waals surface area contributed by atoms with Crippen LogP contribution in [-0.2, 0) is 0 Å². The maximum absolute atomic E-state index is 4.22. The Hall–Kier alpha value is -1.55. The molecular weight excluding hydrogens is 206 g/mol. The van der Waals surface area contributed by atoms with Crippen molar-refractivity contribution in [2.75, 3.05) is 10.6 Å². The van der Waals surface area contributed by atoms with E-state index in [0.717, 1.165) is 5.69 Å². The molecule has 2 rings (SSSR count). The molecular formula is C11H11N3S. The molecule has 76 valence electrons. The second-order valence-corrected chi connectivity index (χ2v) is 3.59. The predicted octanol–water partition coefficient (Wildman–Crippen LogP) is 2.89. The second kappa shape index (κ2) is 4.79. The molecule has 0 bridgehead atoms. The summed E-state index contributed by atoms with van der Waals surface area (Å²) < 4.78 is 1.99. The average molecular weight is 217 g/mol. The van der Waals surface area contributed by atoms with Gasteiger partial charge < -0.3 is 0 Å². The van der Waals surface area contributed by atoms with Gasteiger partial charge in [-0.3, -0.25) is 4.31 Å². The number of aromatic nitrogens is 2. The van der Waals surface area contributed by atoms with Crippen molar-refractivity contribution >= 4 is 23.6 Å². The van der Waals surface area contributed by atoms with E-state index in [0.29, 0.717) is 5.95 Å². The molecule has 0 radical (unpaired) electrons. The Labute approximate surface area is 93.3 Å². The van der Waals surface area contributed by atoms with Gasteiger partial charge in [-0.25, -0.2) is 9.97 Å². The summed E-state index contributed by atoms with van der Waals surface area (Å²) in [4.78, 5) is 8.44. The molecule has 1 aromatic carbocycles. The van der Waals surface area contributed by atoms with Gasteiger partial charge in [-0.2, -0.15) is 0 Å². The third-order valence-corrected chi connectivity index (χ3v) is 2.65. The van der Waals surface area contributed by atoms with Crippen LogP contribution in [0.25, 0.3) is 0 Å². The van der Waals surface area contributed by atoms with Crippen LogP contribution in [0.4, 0.5) is 11.6 Å². The summed E-state index contributed by atoms with van der Waals surface area (Å²) in [6.45, 7) is 0. The van der Waals surface area contributed by atoms with Crippen molar-refractivity contribution in [3.05, 3.63) is 48.8 Å². The Morgan fingerprint density at radius 2 is 1.67 bits per heavy atom.